The fraction of sp³-hybridized carbons (Fsp3) is 0.467. The summed E-state index contributed by atoms with van der Waals surface area (Å²) >= 11 is 0. The first-order chi connectivity index (χ1) is 8.79. The fourth-order valence-electron chi connectivity index (χ4n) is 2.97. The molecule has 0 unspecified atom stereocenters. The average molecular weight is 247 g/mol. The molecule has 0 radical (unpaired) electrons. The molecule has 1 aromatic carbocycles. The standard InChI is InChI=1S/C15H18FNO/c1-2-17-8-5-11(6-9-17)12-3-4-14(16)15-13(12)7-10-18-15/h3-4,7,10-11H,2,5-6,8-9H2,1H3. The van der Waals surface area contributed by atoms with Crippen LogP contribution in [0.4, 0.5) is 4.39 Å². The van der Waals surface area contributed by atoms with Crippen LogP contribution in [0.15, 0.2) is 28.9 Å². The highest BCUT2D eigenvalue weighted by Gasteiger charge is 2.22. The number of hydrogen-bond acceptors (Lipinski definition) is 2. The van der Waals surface area contributed by atoms with Gasteiger partial charge in [0.05, 0.1) is 6.26 Å². The van der Waals surface area contributed by atoms with Crippen molar-refractivity contribution in [2.45, 2.75) is 25.7 Å². The van der Waals surface area contributed by atoms with Crippen molar-refractivity contribution in [3.63, 3.8) is 0 Å². The van der Waals surface area contributed by atoms with E-state index in [1.165, 1.54) is 11.6 Å². The Morgan fingerprint density at radius 2 is 2.06 bits per heavy atom. The minimum atomic E-state index is -0.259. The van der Waals surface area contributed by atoms with E-state index in [1.54, 1.807) is 6.26 Å². The molecule has 0 saturated carbocycles. The molecule has 18 heavy (non-hydrogen) atoms. The van der Waals surface area contributed by atoms with Crippen molar-refractivity contribution in [2.75, 3.05) is 19.6 Å². The van der Waals surface area contributed by atoms with Gasteiger partial charge in [-0.15, -0.1) is 0 Å². The predicted molar refractivity (Wildman–Crippen MR) is 70.3 cm³/mol. The number of fused-ring (bicyclic) bond motifs is 1. The predicted octanol–water partition coefficient (Wildman–Crippen LogP) is 3.77. The fourth-order valence-corrected chi connectivity index (χ4v) is 2.97. The summed E-state index contributed by atoms with van der Waals surface area (Å²) in [5, 5.41) is 0.949. The van der Waals surface area contributed by atoms with Gasteiger partial charge in [0, 0.05) is 5.39 Å². The second kappa shape index (κ2) is 4.73. The topological polar surface area (TPSA) is 16.4 Å². The van der Waals surface area contributed by atoms with Crippen LogP contribution in [0.5, 0.6) is 0 Å². The summed E-state index contributed by atoms with van der Waals surface area (Å²) in [7, 11) is 0. The summed E-state index contributed by atoms with van der Waals surface area (Å²) in [4.78, 5) is 2.46. The van der Waals surface area contributed by atoms with E-state index in [0.717, 1.165) is 37.9 Å². The molecule has 0 bridgehead atoms. The first kappa shape index (κ1) is 11.7. The molecule has 0 atom stereocenters. The molecule has 1 aromatic heterocycles. The van der Waals surface area contributed by atoms with Crippen molar-refractivity contribution in [1.82, 2.24) is 4.90 Å². The smallest absolute Gasteiger partial charge is 0.169 e. The summed E-state index contributed by atoms with van der Waals surface area (Å²) in [6, 6.07) is 5.35. The van der Waals surface area contributed by atoms with E-state index >= 15 is 0 Å². The number of piperidine rings is 1. The zero-order valence-corrected chi connectivity index (χ0v) is 10.7. The van der Waals surface area contributed by atoms with Gasteiger partial charge in [-0.1, -0.05) is 13.0 Å². The highest BCUT2D eigenvalue weighted by molar-refractivity contribution is 5.82. The maximum absolute atomic E-state index is 13.6. The van der Waals surface area contributed by atoms with E-state index in [4.69, 9.17) is 4.42 Å². The van der Waals surface area contributed by atoms with E-state index in [-0.39, 0.29) is 5.82 Å². The maximum atomic E-state index is 13.6. The lowest BCUT2D eigenvalue weighted by molar-refractivity contribution is 0.223. The number of likely N-dealkylation sites (tertiary alicyclic amines) is 1. The quantitative estimate of drug-likeness (QED) is 0.803. The van der Waals surface area contributed by atoms with Crippen LogP contribution in [-0.4, -0.2) is 24.5 Å². The summed E-state index contributed by atoms with van der Waals surface area (Å²) in [6.07, 6.45) is 3.89. The molecule has 0 amide bonds. The summed E-state index contributed by atoms with van der Waals surface area (Å²) in [6.45, 7) is 5.60. The third-order valence-electron chi connectivity index (χ3n) is 4.08. The van der Waals surface area contributed by atoms with E-state index < -0.39 is 0 Å². The number of hydrogen-bond donors (Lipinski definition) is 0. The Hall–Kier alpha value is -1.35. The van der Waals surface area contributed by atoms with Crippen LogP contribution in [0.2, 0.25) is 0 Å². The van der Waals surface area contributed by atoms with Crippen LogP contribution in [-0.2, 0) is 0 Å². The molecule has 1 fully saturated rings. The molecule has 2 aromatic rings. The number of furan rings is 1. The van der Waals surface area contributed by atoms with Gasteiger partial charge < -0.3 is 9.32 Å². The van der Waals surface area contributed by atoms with Crippen molar-refractivity contribution in [3.8, 4) is 0 Å². The van der Waals surface area contributed by atoms with Crippen LogP contribution in [0.25, 0.3) is 11.0 Å². The van der Waals surface area contributed by atoms with Gasteiger partial charge in [-0.25, -0.2) is 4.39 Å². The van der Waals surface area contributed by atoms with E-state index in [0.29, 0.717) is 11.5 Å². The van der Waals surface area contributed by atoms with E-state index in [9.17, 15) is 4.39 Å². The van der Waals surface area contributed by atoms with Crippen LogP contribution in [0.1, 0.15) is 31.2 Å². The van der Waals surface area contributed by atoms with Crippen molar-refractivity contribution in [1.29, 1.82) is 0 Å². The highest BCUT2D eigenvalue weighted by Crippen LogP contribution is 2.34. The second-order valence-corrected chi connectivity index (χ2v) is 5.01. The van der Waals surface area contributed by atoms with Crippen molar-refractivity contribution in [2.24, 2.45) is 0 Å². The Labute approximate surface area is 106 Å². The first-order valence-electron chi connectivity index (χ1n) is 6.67. The van der Waals surface area contributed by atoms with Gasteiger partial charge in [0.2, 0.25) is 0 Å². The Bertz CT molecular complexity index is 540. The van der Waals surface area contributed by atoms with Gasteiger partial charge in [-0.05, 0) is 56.1 Å². The minimum absolute atomic E-state index is 0.259. The molecule has 1 aliphatic rings. The normalized spacial score (nSPS) is 18.6. The Kier molecular flexibility index (Phi) is 3.08. The number of rotatable bonds is 2. The third-order valence-corrected chi connectivity index (χ3v) is 4.08. The molecule has 3 heteroatoms. The molecule has 3 rings (SSSR count). The number of benzene rings is 1. The van der Waals surface area contributed by atoms with Gasteiger partial charge in [0.1, 0.15) is 0 Å². The van der Waals surface area contributed by atoms with Gasteiger partial charge in [-0.2, -0.15) is 0 Å². The van der Waals surface area contributed by atoms with Crippen molar-refractivity contribution < 1.29 is 8.81 Å². The molecular weight excluding hydrogens is 229 g/mol. The monoisotopic (exact) mass is 247 g/mol. The van der Waals surface area contributed by atoms with Crippen LogP contribution >= 0.6 is 0 Å². The molecule has 0 N–H and O–H groups in total. The minimum Gasteiger partial charge on any atom is -0.461 e. The molecule has 1 saturated heterocycles. The molecule has 2 heterocycles. The first-order valence-corrected chi connectivity index (χ1v) is 6.67. The van der Waals surface area contributed by atoms with Gasteiger partial charge in [0.25, 0.3) is 0 Å². The summed E-state index contributed by atoms with van der Waals surface area (Å²) in [5.41, 5.74) is 1.65. The molecular formula is C15H18FNO. The molecule has 1 aliphatic heterocycles. The number of nitrogens with zero attached hydrogens (tertiary/aromatic N) is 1. The van der Waals surface area contributed by atoms with E-state index in [1.807, 2.05) is 12.1 Å². The Morgan fingerprint density at radius 1 is 1.28 bits per heavy atom. The second-order valence-electron chi connectivity index (χ2n) is 5.01. The van der Waals surface area contributed by atoms with E-state index in [2.05, 4.69) is 11.8 Å². The lowest BCUT2D eigenvalue weighted by atomic mass is 9.87. The SMILES string of the molecule is CCN1CCC(c2ccc(F)c3occc23)CC1. The van der Waals surface area contributed by atoms with Crippen LogP contribution < -0.4 is 0 Å². The zero-order valence-electron chi connectivity index (χ0n) is 10.7. The average Bonchev–Trinajstić information content (AvgIpc) is 2.90. The Morgan fingerprint density at radius 3 is 2.78 bits per heavy atom. The molecule has 0 aliphatic carbocycles. The Balaban J connectivity index is 1.91. The van der Waals surface area contributed by atoms with Crippen LogP contribution in [0, 0.1) is 5.82 Å². The lowest BCUT2D eigenvalue weighted by Crippen LogP contribution is -2.32. The highest BCUT2D eigenvalue weighted by atomic mass is 19.1. The van der Waals surface area contributed by atoms with Gasteiger partial charge in [-0.3, -0.25) is 0 Å². The summed E-state index contributed by atoms with van der Waals surface area (Å²) < 4.78 is 18.8. The molecule has 96 valence electrons. The zero-order chi connectivity index (χ0) is 12.5. The van der Waals surface area contributed by atoms with Crippen molar-refractivity contribution >= 4 is 11.0 Å². The maximum Gasteiger partial charge on any atom is 0.169 e. The summed E-state index contributed by atoms with van der Waals surface area (Å²) in [5.74, 6) is 0.276. The van der Waals surface area contributed by atoms with Gasteiger partial charge >= 0.3 is 0 Å². The van der Waals surface area contributed by atoms with Crippen LogP contribution in [0.3, 0.4) is 0 Å². The largest absolute Gasteiger partial charge is 0.461 e. The van der Waals surface area contributed by atoms with Crippen molar-refractivity contribution in [3.05, 3.63) is 35.8 Å². The lowest BCUT2D eigenvalue weighted by Gasteiger charge is -2.31. The molecule has 2 nitrogen and oxygen atoms in total. The number of halogens is 1. The van der Waals surface area contributed by atoms with Gasteiger partial charge in [0.15, 0.2) is 11.4 Å². The molecule has 0 spiro atoms. The third kappa shape index (κ3) is 1.93.